The third-order valence-corrected chi connectivity index (χ3v) is 2.52. The number of H-pyrrole nitrogens is 1. The van der Waals surface area contributed by atoms with Gasteiger partial charge in [-0.2, -0.15) is 0 Å². The van der Waals surface area contributed by atoms with Crippen LogP contribution >= 0.6 is 0 Å². The number of aliphatic carboxylic acids is 1. The number of aromatic amines is 1. The first-order valence-corrected chi connectivity index (χ1v) is 7.42. The number of carbonyl (C=O) groups is 1. The summed E-state index contributed by atoms with van der Waals surface area (Å²) in [6.45, 7) is 0.383. The number of hydrogen-bond acceptors (Lipinski definition) is 9. The second-order valence-electron chi connectivity index (χ2n) is 4.23. The van der Waals surface area contributed by atoms with E-state index in [2.05, 4.69) is 20.3 Å². The third kappa shape index (κ3) is 13.4. The Balaban J connectivity index is 0. The Labute approximate surface area is 156 Å². The van der Waals surface area contributed by atoms with Gasteiger partial charge in [0.05, 0.1) is 24.0 Å². The molecule has 2 N–H and O–H groups in total. The molecule has 2 aromatic rings. The number of carbonyl (C=O) groups excluding carboxylic acids is 1. The number of pyridine rings is 1. The van der Waals surface area contributed by atoms with E-state index in [0.717, 1.165) is 11.4 Å². The maximum atomic E-state index is 11.0. The van der Waals surface area contributed by atoms with E-state index in [1.165, 1.54) is 6.33 Å². The summed E-state index contributed by atoms with van der Waals surface area (Å²) >= 11 is 0. The fourth-order valence-electron chi connectivity index (χ4n) is 1.59. The van der Waals surface area contributed by atoms with E-state index in [4.69, 9.17) is 18.6 Å². The summed E-state index contributed by atoms with van der Waals surface area (Å²) < 4.78 is 34.0. The maximum Gasteiger partial charge on any atom is 4.00 e. The number of carboxylic acid groups (broad SMARTS) is 1. The Hall–Kier alpha value is -1.54. The van der Waals surface area contributed by atoms with Gasteiger partial charge >= 0.3 is 18.6 Å². The van der Waals surface area contributed by atoms with Gasteiger partial charge in [-0.05, 0) is 12.1 Å². The molecule has 0 bridgehead atoms. The zero-order valence-electron chi connectivity index (χ0n) is 12.5. The van der Waals surface area contributed by atoms with Crippen molar-refractivity contribution in [1.82, 2.24) is 20.3 Å². The third-order valence-electron chi connectivity index (χ3n) is 2.52. The first-order chi connectivity index (χ1) is 10.8. The molecular weight excluding hydrogens is 399 g/mol. The van der Waals surface area contributed by atoms with Gasteiger partial charge in [-0.15, -0.1) is 10.2 Å². The first kappa shape index (κ1) is 25.7. The average Bonchev–Trinajstić information content (AvgIpc) is 2.95. The molecule has 0 saturated carbocycles. The van der Waals surface area contributed by atoms with Crippen molar-refractivity contribution in [2.75, 3.05) is 0 Å². The van der Waals surface area contributed by atoms with Crippen LogP contribution in [0.3, 0.4) is 0 Å². The van der Waals surface area contributed by atoms with E-state index in [-0.39, 0.29) is 24.0 Å². The molecule has 11 nitrogen and oxygen atoms in total. The Bertz CT molecular complexity index is 577. The molecule has 2 aromatic heterocycles. The topological polar surface area (TPSA) is 214 Å². The van der Waals surface area contributed by atoms with Gasteiger partial charge in [0, 0.05) is 31.1 Å². The molecule has 0 aliphatic carbocycles. The van der Waals surface area contributed by atoms with Crippen molar-refractivity contribution in [3.05, 3.63) is 48.3 Å². The molecule has 25 heavy (non-hydrogen) atoms. The minimum atomic E-state index is -4.94. The molecule has 135 valence electrons. The van der Waals surface area contributed by atoms with Crippen LogP contribution in [-0.2, 0) is 41.8 Å². The van der Waals surface area contributed by atoms with Crippen LogP contribution in [0.25, 0.3) is 0 Å². The van der Waals surface area contributed by atoms with E-state index in [1.807, 2.05) is 18.2 Å². The van der Waals surface area contributed by atoms with E-state index < -0.39 is 22.3 Å². The number of imidazole rings is 1. The number of hydrogen-bond donors (Lipinski definition) is 2. The van der Waals surface area contributed by atoms with Crippen molar-refractivity contribution in [3.63, 3.8) is 0 Å². The van der Waals surface area contributed by atoms with Crippen LogP contribution < -0.4 is 29.1 Å². The Morgan fingerprint density at radius 3 is 2.36 bits per heavy atom. The smallest absolute Gasteiger partial charge is 2.00 e. The average molecular weight is 412 g/mol. The van der Waals surface area contributed by atoms with Crippen molar-refractivity contribution < 1.29 is 62.8 Å². The molecular formula is C12H13ClN4O7V. The van der Waals surface area contributed by atoms with E-state index >= 15 is 0 Å². The second-order valence-corrected chi connectivity index (χ2v) is 4.99. The molecule has 0 saturated heterocycles. The number of halogens is 1. The molecule has 0 spiro atoms. The molecule has 1 radical (unpaired) electrons. The van der Waals surface area contributed by atoms with Crippen molar-refractivity contribution in [2.24, 2.45) is 0 Å². The largest absolute Gasteiger partial charge is 4.00 e. The number of aromatic nitrogens is 3. The van der Waals surface area contributed by atoms with Gasteiger partial charge in [-0.3, -0.25) is 4.98 Å². The van der Waals surface area contributed by atoms with Crippen LogP contribution in [0, 0.1) is 10.2 Å². The van der Waals surface area contributed by atoms with Crippen molar-refractivity contribution in [1.29, 1.82) is 0 Å². The minimum absolute atomic E-state index is 0. The van der Waals surface area contributed by atoms with E-state index in [0.29, 0.717) is 13.0 Å². The molecule has 1 unspecified atom stereocenters. The number of carboxylic acids is 1. The van der Waals surface area contributed by atoms with Crippen LogP contribution in [0.4, 0.5) is 0 Å². The van der Waals surface area contributed by atoms with Crippen LogP contribution in [0.15, 0.2) is 36.9 Å². The van der Waals surface area contributed by atoms with Gasteiger partial charge in [0.2, 0.25) is 0 Å². The number of nitrogens with one attached hydrogen (secondary N) is 2. The van der Waals surface area contributed by atoms with Gasteiger partial charge in [-0.25, -0.2) is 23.6 Å². The minimum Gasteiger partial charge on any atom is -2.00 e. The van der Waals surface area contributed by atoms with E-state index in [9.17, 15) is 9.90 Å². The molecule has 1 atom stereocenters. The summed E-state index contributed by atoms with van der Waals surface area (Å²) in [4.78, 5) is 21.8. The Kier molecular flexibility index (Phi) is 13.1. The monoisotopic (exact) mass is 411 g/mol. The maximum absolute atomic E-state index is 11.0. The van der Waals surface area contributed by atoms with Crippen LogP contribution in [0.5, 0.6) is 0 Å². The fraction of sp³-hybridized carbons (Fsp3) is 0.250. The SMILES string of the molecule is O=C([O-])C(Cc1cnc[nH]1)NCc1ccccn1.[O-2].[O-][Cl+3]([O-])([O-])[O-].[V+4]. The molecule has 2 heterocycles. The molecule has 0 aliphatic rings. The Morgan fingerprint density at radius 2 is 1.92 bits per heavy atom. The van der Waals surface area contributed by atoms with Gasteiger partial charge in [0.1, 0.15) is 0 Å². The molecule has 0 fully saturated rings. The van der Waals surface area contributed by atoms with Crippen LogP contribution in [0.1, 0.15) is 11.4 Å². The fourth-order valence-corrected chi connectivity index (χ4v) is 1.59. The van der Waals surface area contributed by atoms with Crippen molar-refractivity contribution >= 4 is 5.97 Å². The van der Waals surface area contributed by atoms with Crippen molar-refractivity contribution in [2.45, 2.75) is 19.0 Å². The predicted molar refractivity (Wildman–Crippen MR) is 62.8 cm³/mol. The van der Waals surface area contributed by atoms with Gasteiger partial charge in [0.25, 0.3) is 0 Å². The molecule has 0 aliphatic heterocycles. The molecule has 2 rings (SSSR count). The molecule has 0 amide bonds. The quantitative estimate of drug-likeness (QED) is 0.462. The van der Waals surface area contributed by atoms with E-state index in [1.54, 1.807) is 12.4 Å². The van der Waals surface area contributed by atoms with Gasteiger partial charge in [0.15, 0.2) is 0 Å². The van der Waals surface area contributed by atoms with Crippen LogP contribution in [0.2, 0.25) is 0 Å². The van der Waals surface area contributed by atoms with Gasteiger partial charge < -0.3 is 25.7 Å². The summed E-state index contributed by atoms with van der Waals surface area (Å²) in [5.74, 6) is -1.14. The van der Waals surface area contributed by atoms with Crippen LogP contribution in [-0.4, -0.2) is 27.0 Å². The molecule has 13 heteroatoms. The normalized spacial score (nSPS) is 11.2. The summed E-state index contributed by atoms with van der Waals surface area (Å²) in [5, 5.41) is 13.9. The number of rotatable bonds is 6. The zero-order valence-corrected chi connectivity index (χ0v) is 14.7. The summed E-state index contributed by atoms with van der Waals surface area (Å²) in [6, 6.07) is 4.72. The summed E-state index contributed by atoms with van der Waals surface area (Å²) in [5.41, 5.74) is 1.53. The standard InChI is InChI=1S/C12H14N4O2.ClHO4.O.V/c17-12(18)11(5-10-6-13-8-16-10)15-7-9-3-1-2-4-14-9;2-1(3,4)5;;/h1-4,6,8,11,15H,5,7H2,(H,13,16)(H,17,18);(H,2,3,4,5);;/q;;-2;+4/p-2. The zero-order chi connectivity index (χ0) is 17.3. The summed E-state index contributed by atoms with van der Waals surface area (Å²) in [7, 11) is -4.94. The van der Waals surface area contributed by atoms with Gasteiger partial charge in [-0.1, -0.05) is 6.07 Å². The second kappa shape index (κ2) is 12.8. The number of nitrogens with zero attached hydrogens (tertiary/aromatic N) is 2. The first-order valence-electron chi connectivity index (χ1n) is 6.19. The molecule has 0 aromatic carbocycles. The summed E-state index contributed by atoms with van der Waals surface area (Å²) in [6.07, 6.45) is 5.08. The van der Waals surface area contributed by atoms with Crippen molar-refractivity contribution in [3.8, 4) is 0 Å². The Morgan fingerprint density at radius 1 is 1.28 bits per heavy atom. The predicted octanol–water partition coefficient (Wildman–Crippen LogP) is -5.62.